The van der Waals surface area contributed by atoms with E-state index < -0.39 is 53.4 Å². The predicted octanol–water partition coefficient (Wildman–Crippen LogP) is 4.21. The number of anilines is 1. The highest BCUT2D eigenvalue weighted by molar-refractivity contribution is 6.14. The van der Waals surface area contributed by atoms with Gasteiger partial charge in [-0.1, -0.05) is 18.2 Å². The first-order valence-corrected chi connectivity index (χ1v) is 7.99. The molecule has 0 radical (unpaired) electrons. The number of hydrogen-bond acceptors (Lipinski definition) is 5. The van der Waals surface area contributed by atoms with Crippen molar-refractivity contribution < 1.29 is 40.7 Å². The number of pyridine rings is 1. The van der Waals surface area contributed by atoms with Crippen molar-refractivity contribution in [1.29, 1.82) is 0 Å². The molecule has 1 aromatic heterocycles. The lowest BCUT2D eigenvalue weighted by molar-refractivity contribution is -0.142. The van der Waals surface area contributed by atoms with E-state index >= 15 is 0 Å². The summed E-state index contributed by atoms with van der Waals surface area (Å²) in [6.45, 7) is -1.51. The Morgan fingerprint density at radius 2 is 1.72 bits per heavy atom. The van der Waals surface area contributed by atoms with Gasteiger partial charge in [-0.3, -0.25) is 14.6 Å². The number of benzene rings is 1. The van der Waals surface area contributed by atoms with E-state index in [1.807, 2.05) is 5.32 Å². The number of aromatic nitrogens is 1. The highest BCUT2D eigenvalue weighted by Crippen LogP contribution is 2.37. The summed E-state index contributed by atoms with van der Waals surface area (Å²) >= 11 is 0. The monoisotopic (exact) mass is 420 g/mol. The average molecular weight is 420 g/mol. The van der Waals surface area contributed by atoms with Gasteiger partial charge in [0.1, 0.15) is 18.2 Å². The van der Waals surface area contributed by atoms with Crippen LogP contribution in [0.1, 0.15) is 27.5 Å². The lowest BCUT2D eigenvalue weighted by atomic mass is 9.88. The number of carbonyl (C=O) groups excluding carboxylic acids is 2. The van der Waals surface area contributed by atoms with Crippen molar-refractivity contribution in [3.8, 4) is 0 Å². The number of Topliss-reactive ketones (excluding diaryl/α,β-unsaturated/α-hetero) is 1. The summed E-state index contributed by atoms with van der Waals surface area (Å²) in [6.07, 6.45) is -8.44. The van der Waals surface area contributed by atoms with Gasteiger partial charge < -0.3 is 10.1 Å². The van der Waals surface area contributed by atoms with Crippen molar-refractivity contribution in [2.45, 2.75) is 18.3 Å². The van der Waals surface area contributed by atoms with Crippen molar-refractivity contribution in [2.24, 2.45) is 0 Å². The highest BCUT2D eigenvalue weighted by atomic mass is 19.4. The summed E-state index contributed by atoms with van der Waals surface area (Å²) in [4.78, 5) is 28.8. The van der Waals surface area contributed by atoms with Crippen molar-refractivity contribution >= 4 is 17.4 Å². The minimum atomic E-state index is -4.88. The van der Waals surface area contributed by atoms with Crippen LogP contribution in [0.5, 0.6) is 0 Å². The van der Waals surface area contributed by atoms with Gasteiger partial charge in [0.05, 0.1) is 18.4 Å². The van der Waals surface area contributed by atoms with Crippen LogP contribution in [0.4, 0.5) is 32.0 Å². The number of nitrogens with one attached hydrogen (secondary N) is 1. The van der Waals surface area contributed by atoms with Gasteiger partial charge in [0.15, 0.2) is 0 Å². The van der Waals surface area contributed by atoms with Gasteiger partial charge in [-0.2, -0.15) is 26.3 Å². The zero-order valence-electron chi connectivity index (χ0n) is 14.8. The SMILES string of the molecule is COC(=O)C(C(=O)c1ncccc1NCC(F)(F)F)c1ccccc1C(F)(F)F. The Bertz CT molecular complexity index is 896. The average Bonchev–Trinajstić information content (AvgIpc) is 2.65. The molecular weight excluding hydrogens is 406 g/mol. The van der Waals surface area contributed by atoms with Crippen LogP contribution >= 0.6 is 0 Å². The van der Waals surface area contributed by atoms with Crippen LogP contribution in [0, 0.1) is 0 Å². The molecule has 11 heteroatoms. The lowest BCUT2D eigenvalue weighted by Gasteiger charge is -2.20. The molecule has 1 heterocycles. The summed E-state index contributed by atoms with van der Waals surface area (Å²) in [7, 11) is 0.875. The van der Waals surface area contributed by atoms with E-state index in [0.717, 1.165) is 31.5 Å². The Labute approximate surface area is 160 Å². The zero-order chi connectivity index (χ0) is 21.8. The van der Waals surface area contributed by atoms with Crippen LogP contribution in [-0.4, -0.2) is 36.6 Å². The molecule has 0 bridgehead atoms. The molecule has 29 heavy (non-hydrogen) atoms. The van der Waals surface area contributed by atoms with Gasteiger partial charge in [-0.05, 0) is 23.8 Å². The third-order valence-electron chi connectivity index (χ3n) is 3.80. The summed E-state index contributed by atoms with van der Waals surface area (Å²) in [5.74, 6) is -4.61. The number of esters is 1. The molecule has 0 aliphatic heterocycles. The predicted molar refractivity (Wildman–Crippen MR) is 89.3 cm³/mol. The Hall–Kier alpha value is -3.11. The third kappa shape index (κ3) is 5.46. The first kappa shape index (κ1) is 22.2. The molecule has 0 aliphatic carbocycles. The van der Waals surface area contributed by atoms with E-state index in [1.165, 1.54) is 12.1 Å². The van der Waals surface area contributed by atoms with E-state index in [0.29, 0.717) is 6.07 Å². The standard InChI is InChI=1S/C18H14F6N2O3/c1-29-16(28)13(10-5-2-3-6-11(10)18(22,23)24)15(27)14-12(7-4-8-25-14)26-9-17(19,20)21/h2-8,13,26H,9H2,1H3. The Kier molecular flexibility index (Phi) is 6.50. The van der Waals surface area contributed by atoms with Gasteiger partial charge in [0.2, 0.25) is 5.78 Å². The number of alkyl halides is 6. The van der Waals surface area contributed by atoms with Crippen LogP contribution < -0.4 is 5.32 Å². The number of hydrogen-bond donors (Lipinski definition) is 1. The second kappa shape index (κ2) is 8.50. The Morgan fingerprint density at radius 3 is 2.31 bits per heavy atom. The lowest BCUT2D eigenvalue weighted by Crippen LogP contribution is -2.28. The number of ketones is 1. The number of halogens is 6. The van der Waals surface area contributed by atoms with Crippen LogP contribution in [0.2, 0.25) is 0 Å². The molecule has 0 spiro atoms. The molecule has 2 rings (SSSR count). The quantitative estimate of drug-likeness (QED) is 0.328. The fourth-order valence-corrected chi connectivity index (χ4v) is 2.58. The molecule has 1 atom stereocenters. The Morgan fingerprint density at radius 1 is 1.07 bits per heavy atom. The highest BCUT2D eigenvalue weighted by Gasteiger charge is 2.41. The molecule has 5 nitrogen and oxygen atoms in total. The van der Waals surface area contributed by atoms with E-state index in [4.69, 9.17) is 0 Å². The van der Waals surface area contributed by atoms with Gasteiger partial charge in [-0.15, -0.1) is 0 Å². The topological polar surface area (TPSA) is 68.3 Å². The number of nitrogens with zero attached hydrogens (tertiary/aromatic N) is 1. The fraction of sp³-hybridized carbons (Fsp3) is 0.278. The summed E-state index contributed by atoms with van der Waals surface area (Å²) in [5.41, 5.74) is -2.94. The van der Waals surface area contributed by atoms with Crippen LogP contribution in [0.15, 0.2) is 42.6 Å². The fourth-order valence-electron chi connectivity index (χ4n) is 2.58. The second-order valence-corrected chi connectivity index (χ2v) is 5.77. The molecule has 0 saturated carbocycles. The van der Waals surface area contributed by atoms with E-state index in [1.54, 1.807) is 0 Å². The van der Waals surface area contributed by atoms with Crippen molar-refractivity contribution in [2.75, 3.05) is 19.0 Å². The Balaban J connectivity index is 2.55. The maximum absolute atomic E-state index is 13.4. The van der Waals surface area contributed by atoms with Gasteiger partial charge >= 0.3 is 18.3 Å². The summed E-state index contributed by atoms with van der Waals surface area (Å²) in [5, 5.41) is 1.96. The molecule has 1 N–H and O–H groups in total. The minimum absolute atomic E-state index is 0.381. The van der Waals surface area contributed by atoms with Crippen molar-refractivity contribution in [3.05, 3.63) is 59.4 Å². The third-order valence-corrected chi connectivity index (χ3v) is 3.80. The number of carbonyl (C=O) groups is 2. The second-order valence-electron chi connectivity index (χ2n) is 5.77. The van der Waals surface area contributed by atoms with E-state index in [-0.39, 0.29) is 5.69 Å². The minimum Gasteiger partial charge on any atom is -0.468 e. The molecule has 1 aromatic carbocycles. The van der Waals surface area contributed by atoms with Crippen LogP contribution in [0.3, 0.4) is 0 Å². The first-order chi connectivity index (χ1) is 13.5. The summed E-state index contributed by atoms with van der Waals surface area (Å²) < 4.78 is 82.0. The summed E-state index contributed by atoms with van der Waals surface area (Å²) in [6, 6.07) is 6.19. The molecule has 0 amide bonds. The molecule has 0 aliphatic rings. The smallest absolute Gasteiger partial charge is 0.416 e. The van der Waals surface area contributed by atoms with Gasteiger partial charge in [0, 0.05) is 6.20 Å². The van der Waals surface area contributed by atoms with Gasteiger partial charge in [-0.25, -0.2) is 0 Å². The maximum atomic E-state index is 13.4. The first-order valence-electron chi connectivity index (χ1n) is 7.99. The molecule has 0 saturated heterocycles. The van der Waals surface area contributed by atoms with Crippen molar-refractivity contribution in [3.63, 3.8) is 0 Å². The molecule has 0 fully saturated rings. The largest absolute Gasteiger partial charge is 0.468 e. The maximum Gasteiger partial charge on any atom is 0.416 e. The molecule has 1 unspecified atom stereocenters. The van der Waals surface area contributed by atoms with Crippen LogP contribution in [0.25, 0.3) is 0 Å². The number of ether oxygens (including phenoxy) is 1. The van der Waals surface area contributed by atoms with E-state index in [2.05, 4.69) is 9.72 Å². The molecular formula is C18H14F6N2O3. The number of rotatable bonds is 6. The van der Waals surface area contributed by atoms with Crippen molar-refractivity contribution in [1.82, 2.24) is 4.98 Å². The molecule has 2 aromatic rings. The van der Waals surface area contributed by atoms with Gasteiger partial charge in [0.25, 0.3) is 0 Å². The number of methoxy groups -OCH3 is 1. The molecule has 156 valence electrons. The zero-order valence-corrected chi connectivity index (χ0v) is 14.8. The van der Waals surface area contributed by atoms with Crippen LogP contribution in [-0.2, 0) is 15.7 Å². The normalized spacial score (nSPS) is 12.9. The van der Waals surface area contributed by atoms with E-state index in [9.17, 15) is 35.9 Å².